The largest absolute Gasteiger partial charge is 0.416 e. The van der Waals surface area contributed by atoms with Crippen LogP contribution < -0.4 is 9.62 Å². The highest BCUT2D eigenvalue weighted by atomic mass is 35.5. The first-order valence-electron chi connectivity index (χ1n) is 9.40. The van der Waals surface area contributed by atoms with Gasteiger partial charge in [-0.05, 0) is 49.4 Å². The molecular formula is C22H17ClF4N2O3S. The van der Waals surface area contributed by atoms with Crippen LogP contribution in [0.2, 0.25) is 5.02 Å². The molecule has 0 fully saturated rings. The molecule has 0 radical (unpaired) electrons. The molecule has 5 nitrogen and oxygen atoms in total. The van der Waals surface area contributed by atoms with Crippen LogP contribution in [0.3, 0.4) is 0 Å². The van der Waals surface area contributed by atoms with Gasteiger partial charge in [0.2, 0.25) is 5.91 Å². The van der Waals surface area contributed by atoms with Gasteiger partial charge in [-0.15, -0.1) is 0 Å². The summed E-state index contributed by atoms with van der Waals surface area (Å²) in [7, 11) is -4.40. The van der Waals surface area contributed by atoms with Crippen molar-refractivity contribution < 1.29 is 30.8 Å². The lowest BCUT2D eigenvalue weighted by Gasteiger charge is -2.24. The van der Waals surface area contributed by atoms with E-state index in [1.807, 2.05) is 0 Å². The Bertz CT molecular complexity index is 1280. The van der Waals surface area contributed by atoms with Crippen LogP contribution in [0, 0.1) is 12.7 Å². The van der Waals surface area contributed by atoms with Gasteiger partial charge in [0, 0.05) is 0 Å². The van der Waals surface area contributed by atoms with Gasteiger partial charge in [0.25, 0.3) is 10.0 Å². The van der Waals surface area contributed by atoms with Crippen molar-refractivity contribution in [2.75, 3.05) is 16.2 Å². The third-order valence-electron chi connectivity index (χ3n) is 4.59. The zero-order chi connectivity index (χ0) is 24.4. The zero-order valence-corrected chi connectivity index (χ0v) is 18.6. The van der Waals surface area contributed by atoms with E-state index in [1.165, 1.54) is 42.5 Å². The van der Waals surface area contributed by atoms with E-state index in [9.17, 15) is 30.8 Å². The molecule has 0 aliphatic heterocycles. The van der Waals surface area contributed by atoms with E-state index in [0.29, 0.717) is 10.4 Å². The van der Waals surface area contributed by atoms with Gasteiger partial charge in [-0.25, -0.2) is 12.8 Å². The van der Waals surface area contributed by atoms with E-state index in [0.717, 1.165) is 23.8 Å². The van der Waals surface area contributed by atoms with E-state index in [2.05, 4.69) is 5.32 Å². The summed E-state index contributed by atoms with van der Waals surface area (Å²) in [4.78, 5) is 12.5. The minimum atomic E-state index is -4.68. The van der Waals surface area contributed by atoms with E-state index < -0.39 is 45.7 Å². The second kappa shape index (κ2) is 9.40. The first-order chi connectivity index (χ1) is 15.4. The number of alkyl halides is 3. The van der Waals surface area contributed by atoms with Crippen molar-refractivity contribution in [2.24, 2.45) is 0 Å². The Labute approximate surface area is 192 Å². The number of hydrogen-bond acceptors (Lipinski definition) is 3. The highest BCUT2D eigenvalue weighted by Crippen LogP contribution is 2.34. The van der Waals surface area contributed by atoms with Crippen molar-refractivity contribution in [1.29, 1.82) is 0 Å². The van der Waals surface area contributed by atoms with Crippen LogP contribution in [0.5, 0.6) is 0 Å². The molecule has 0 bridgehead atoms. The number of para-hydroxylation sites is 1. The zero-order valence-electron chi connectivity index (χ0n) is 17.0. The van der Waals surface area contributed by atoms with Crippen molar-refractivity contribution in [3.8, 4) is 0 Å². The molecule has 3 aromatic rings. The maximum Gasteiger partial charge on any atom is 0.416 e. The Balaban J connectivity index is 1.97. The summed E-state index contributed by atoms with van der Waals surface area (Å²) in [5.74, 6) is -1.92. The number of nitrogens with one attached hydrogen (secondary N) is 1. The Kier molecular flexibility index (Phi) is 6.99. The Hall–Kier alpha value is -3.11. The summed E-state index contributed by atoms with van der Waals surface area (Å²) < 4.78 is 80.5. The topological polar surface area (TPSA) is 66.5 Å². The van der Waals surface area contributed by atoms with E-state index in [1.54, 1.807) is 6.92 Å². The molecule has 3 rings (SSSR count). The van der Waals surface area contributed by atoms with Crippen LogP contribution in [0.1, 0.15) is 11.1 Å². The summed E-state index contributed by atoms with van der Waals surface area (Å²) in [5.41, 5.74) is -1.04. The molecule has 0 spiro atoms. The summed E-state index contributed by atoms with van der Waals surface area (Å²) in [6.45, 7) is 0.834. The number of carbonyl (C=O) groups is 1. The summed E-state index contributed by atoms with van der Waals surface area (Å²) in [5, 5.41) is 1.99. The standard InChI is InChI=1S/C22H17ClF4N2O3S/c1-14-6-9-16(10-7-14)33(31,32)29(20-5-3-2-4-18(20)24)13-21(30)28-19-12-15(22(25,26)27)8-11-17(19)23/h2-12H,13H2,1H3,(H,28,30). The summed E-state index contributed by atoms with van der Waals surface area (Å²) >= 11 is 5.90. The van der Waals surface area contributed by atoms with Gasteiger partial charge in [-0.2, -0.15) is 13.2 Å². The van der Waals surface area contributed by atoms with Crippen molar-refractivity contribution in [1.82, 2.24) is 0 Å². The Morgan fingerprint density at radius 3 is 2.27 bits per heavy atom. The molecule has 11 heteroatoms. The molecule has 33 heavy (non-hydrogen) atoms. The van der Waals surface area contributed by atoms with Crippen LogP contribution >= 0.6 is 11.6 Å². The molecule has 0 aliphatic rings. The third kappa shape index (κ3) is 5.63. The molecule has 1 amide bonds. The first kappa shape index (κ1) is 24.5. The number of sulfonamides is 1. The lowest BCUT2D eigenvalue weighted by atomic mass is 10.2. The van der Waals surface area contributed by atoms with Crippen LogP contribution in [-0.4, -0.2) is 20.9 Å². The minimum absolute atomic E-state index is 0.185. The molecular weight excluding hydrogens is 484 g/mol. The van der Waals surface area contributed by atoms with Gasteiger partial charge in [0.15, 0.2) is 0 Å². The average Bonchev–Trinajstić information content (AvgIpc) is 2.73. The minimum Gasteiger partial charge on any atom is -0.323 e. The number of aryl methyl sites for hydroxylation is 1. The number of halogens is 5. The molecule has 0 heterocycles. The Morgan fingerprint density at radius 2 is 1.67 bits per heavy atom. The predicted molar refractivity (Wildman–Crippen MR) is 117 cm³/mol. The molecule has 0 unspecified atom stereocenters. The highest BCUT2D eigenvalue weighted by Gasteiger charge is 2.32. The number of amides is 1. The van der Waals surface area contributed by atoms with Crippen LogP contribution in [0.25, 0.3) is 0 Å². The van der Waals surface area contributed by atoms with Crippen molar-refractivity contribution in [3.63, 3.8) is 0 Å². The molecule has 0 atom stereocenters. The smallest absolute Gasteiger partial charge is 0.323 e. The second-order valence-electron chi connectivity index (χ2n) is 7.02. The lowest BCUT2D eigenvalue weighted by Crippen LogP contribution is -2.38. The SMILES string of the molecule is Cc1ccc(S(=O)(=O)N(CC(=O)Nc2cc(C(F)(F)F)ccc2Cl)c2ccccc2F)cc1. The van der Waals surface area contributed by atoms with Gasteiger partial charge < -0.3 is 5.32 Å². The number of benzene rings is 3. The van der Waals surface area contributed by atoms with Crippen LogP contribution in [-0.2, 0) is 21.0 Å². The molecule has 0 saturated heterocycles. The predicted octanol–water partition coefficient (Wildman–Crippen LogP) is 5.64. The van der Waals surface area contributed by atoms with Crippen molar-refractivity contribution in [2.45, 2.75) is 18.0 Å². The average molecular weight is 501 g/mol. The van der Waals surface area contributed by atoms with Gasteiger partial charge in [0.05, 0.1) is 26.9 Å². The van der Waals surface area contributed by atoms with E-state index >= 15 is 0 Å². The van der Waals surface area contributed by atoms with Gasteiger partial charge in [-0.1, -0.05) is 41.4 Å². The maximum atomic E-state index is 14.5. The van der Waals surface area contributed by atoms with E-state index in [-0.39, 0.29) is 15.6 Å². The highest BCUT2D eigenvalue weighted by molar-refractivity contribution is 7.92. The van der Waals surface area contributed by atoms with Gasteiger partial charge >= 0.3 is 6.18 Å². The van der Waals surface area contributed by atoms with Crippen molar-refractivity contribution >= 4 is 38.9 Å². The third-order valence-corrected chi connectivity index (χ3v) is 6.69. The van der Waals surface area contributed by atoms with Gasteiger partial charge in [0.1, 0.15) is 12.4 Å². The molecule has 0 aliphatic carbocycles. The fourth-order valence-corrected chi connectivity index (χ4v) is 4.50. The molecule has 174 valence electrons. The molecule has 1 N–H and O–H groups in total. The van der Waals surface area contributed by atoms with Crippen LogP contribution in [0.4, 0.5) is 28.9 Å². The fraction of sp³-hybridized carbons (Fsp3) is 0.136. The number of nitrogens with zero attached hydrogens (tertiary/aromatic N) is 1. The van der Waals surface area contributed by atoms with E-state index in [4.69, 9.17) is 11.6 Å². The quantitative estimate of drug-likeness (QED) is 0.445. The number of carbonyl (C=O) groups excluding carboxylic acids is 1. The number of anilines is 2. The van der Waals surface area contributed by atoms with Gasteiger partial charge in [-0.3, -0.25) is 9.10 Å². The normalized spacial score (nSPS) is 11.8. The molecule has 0 aromatic heterocycles. The fourth-order valence-electron chi connectivity index (χ4n) is 2.91. The number of rotatable bonds is 6. The van der Waals surface area contributed by atoms with Crippen LogP contribution in [0.15, 0.2) is 71.6 Å². The monoisotopic (exact) mass is 500 g/mol. The molecule has 3 aromatic carbocycles. The summed E-state index contributed by atoms with van der Waals surface area (Å²) in [6.07, 6.45) is -4.68. The first-order valence-corrected chi connectivity index (χ1v) is 11.2. The molecule has 0 saturated carbocycles. The lowest BCUT2D eigenvalue weighted by molar-refractivity contribution is -0.137. The van der Waals surface area contributed by atoms with Crippen molar-refractivity contribution in [3.05, 3.63) is 88.7 Å². The summed E-state index contributed by atoms with van der Waals surface area (Å²) in [6, 6.07) is 12.9. The number of hydrogen-bond donors (Lipinski definition) is 1. The Morgan fingerprint density at radius 1 is 1.03 bits per heavy atom. The maximum absolute atomic E-state index is 14.5. The second-order valence-corrected chi connectivity index (χ2v) is 9.29.